The summed E-state index contributed by atoms with van der Waals surface area (Å²) in [6, 6.07) is 5.23. The lowest BCUT2D eigenvalue weighted by Crippen LogP contribution is -2.52. The SMILES string of the molecule is COc1ccc(C(=O)N2CCN(C(=O)CC3COCCN3)CC2)cc1OC.Cl. The Morgan fingerprint density at radius 2 is 1.79 bits per heavy atom. The van der Waals surface area contributed by atoms with Crippen molar-refractivity contribution in [3.05, 3.63) is 23.8 Å². The lowest BCUT2D eigenvalue weighted by Gasteiger charge is -2.36. The van der Waals surface area contributed by atoms with E-state index in [-0.39, 0.29) is 30.3 Å². The number of nitrogens with zero attached hydrogens (tertiary/aromatic N) is 2. The normalized spacial score (nSPS) is 19.6. The van der Waals surface area contributed by atoms with Gasteiger partial charge in [-0.25, -0.2) is 0 Å². The van der Waals surface area contributed by atoms with Gasteiger partial charge in [0.15, 0.2) is 11.5 Å². The van der Waals surface area contributed by atoms with Gasteiger partial charge in [-0.2, -0.15) is 0 Å². The van der Waals surface area contributed by atoms with Crippen molar-refractivity contribution in [3.63, 3.8) is 0 Å². The average molecular weight is 414 g/mol. The number of carbonyl (C=O) groups is 2. The Bertz CT molecular complexity index is 674. The van der Waals surface area contributed by atoms with Crippen LogP contribution in [0.15, 0.2) is 18.2 Å². The van der Waals surface area contributed by atoms with E-state index in [2.05, 4.69) is 5.32 Å². The predicted molar refractivity (Wildman–Crippen MR) is 107 cm³/mol. The molecule has 2 heterocycles. The number of hydrogen-bond acceptors (Lipinski definition) is 6. The van der Waals surface area contributed by atoms with E-state index in [1.54, 1.807) is 37.3 Å². The lowest BCUT2D eigenvalue weighted by atomic mass is 10.1. The van der Waals surface area contributed by atoms with Crippen LogP contribution in [0.25, 0.3) is 0 Å². The van der Waals surface area contributed by atoms with Gasteiger partial charge in [-0.15, -0.1) is 12.4 Å². The Balaban J connectivity index is 0.00000280. The molecule has 2 amide bonds. The second-order valence-corrected chi connectivity index (χ2v) is 6.67. The smallest absolute Gasteiger partial charge is 0.254 e. The fourth-order valence-corrected chi connectivity index (χ4v) is 3.40. The maximum atomic E-state index is 12.8. The third-order valence-corrected chi connectivity index (χ3v) is 4.97. The molecule has 2 fully saturated rings. The highest BCUT2D eigenvalue weighted by atomic mass is 35.5. The highest BCUT2D eigenvalue weighted by molar-refractivity contribution is 5.95. The molecule has 1 aromatic carbocycles. The first-order chi connectivity index (χ1) is 13.1. The topological polar surface area (TPSA) is 80.3 Å². The van der Waals surface area contributed by atoms with Gasteiger partial charge in [0.25, 0.3) is 5.91 Å². The van der Waals surface area contributed by atoms with Crippen molar-refractivity contribution in [2.75, 3.05) is 60.2 Å². The Hall–Kier alpha value is -2.03. The molecule has 1 aromatic rings. The van der Waals surface area contributed by atoms with Crippen LogP contribution in [0.4, 0.5) is 0 Å². The molecule has 2 saturated heterocycles. The lowest BCUT2D eigenvalue weighted by molar-refractivity contribution is -0.133. The minimum atomic E-state index is -0.0644. The van der Waals surface area contributed by atoms with Crippen LogP contribution >= 0.6 is 12.4 Å². The predicted octanol–water partition coefficient (Wildman–Crippen LogP) is 0.789. The summed E-state index contributed by atoms with van der Waals surface area (Å²) in [5, 5.41) is 3.30. The van der Waals surface area contributed by atoms with E-state index in [0.29, 0.717) is 62.9 Å². The van der Waals surface area contributed by atoms with Gasteiger partial charge < -0.3 is 29.3 Å². The molecule has 3 rings (SSSR count). The number of hydrogen-bond donors (Lipinski definition) is 1. The summed E-state index contributed by atoms with van der Waals surface area (Å²) in [6.45, 7) is 4.19. The first-order valence-corrected chi connectivity index (χ1v) is 9.22. The molecule has 8 nitrogen and oxygen atoms in total. The molecule has 1 unspecified atom stereocenters. The van der Waals surface area contributed by atoms with Gasteiger partial charge >= 0.3 is 0 Å². The summed E-state index contributed by atoms with van der Waals surface area (Å²) in [5.74, 6) is 1.16. The van der Waals surface area contributed by atoms with Crippen LogP contribution in [0.1, 0.15) is 16.8 Å². The Morgan fingerprint density at radius 1 is 1.11 bits per heavy atom. The number of benzene rings is 1. The molecular weight excluding hydrogens is 386 g/mol. The van der Waals surface area contributed by atoms with Crippen molar-refractivity contribution in [1.29, 1.82) is 0 Å². The van der Waals surface area contributed by atoms with Gasteiger partial charge in [-0.05, 0) is 18.2 Å². The molecule has 9 heteroatoms. The Morgan fingerprint density at radius 3 is 2.39 bits per heavy atom. The molecular formula is C19H28ClN3O5. The van der Waals surface area contributed by atoms with E-state index >= 15 is 0 Å². The van der Waals surface area contributed by atoms with E-state index in [4.69, 9.17) is 14.2 Å². The quantitative estimate of drug-likeness (QED) is 0.768. The van der Waals surface area contributed by atoms with Gasteiger partial charge in [0.2, 0.25) is 5.91 Å². The first kappa shape index (κ1) is 22.3. The van der Waals surface area contributed by atoms with Crippen molar-refractivity contribution in [2.24, 2.45) is 0 Å². The van der Waals surface area contributed by atoms with E-state index < -0.39 is 0 Å². The zero-order chi connectivity index (χ0) is 19.2. The van der Waals surface area contributed by atoms with Gasteiger partial charge in [-0.3, -0.25) is 9.59 Å². The molecule has 0 aliphatic carbocycles. The molecule has 0 saturated carbocycles. The van der Waals surface area contributed by atoms with E-state index in [1.807, 2.05) is 4.90 Å². The maximum Gasteiger partial charge on any atom is 0.254 e. The molecule has 0 spiro atoms. The van der Waals surface area contributed by atoms with Gasteiger partial charge in [0, 0.05) is 50.7 Å². The monoisotopic (exact) mass is 413 g/mol. The fraction of sp³-hybridized carbons (Fsp3) is 0.579. The molecule has 0 aromatic heterocycles. The summed E-state index contributed by atoms with van der Waals surface area (Å²) >= 11 is 0. The van der Waals surface area contributed by atoms with Crippen LogP contribution in [0, 0.1) is 0 Å². The van der Waals surface area contributed by atoms with Crippen LogP contribution in [0.5, 0.6) is 11.5 Å². The highest BCUT2D eigenvalue weighted by Gasteiger charge is 2.27. The number of rotatable bonds is 5. The number of carbonyl (C=O) groups excluding carboxylic acids is 2. The number of morpholine rings is 1. The molecule has 1 atom stereocenters. The summed E-state index contributed by atoms with van der Waals surface area (Å²) in [7, 11) is 3.10. The van der Waals surface area contributed by atoms with E-state index in [9.17, 15) is 9.59 Å². The van der Waals surface area contributed by atoms with Crippen LogP contribution in [-0.2, 0) is 9.53 Å². The number of methoxy groups -OCH3 is 2. The largest absolute Gasteiger partial charge is 0.493 e. The third kappa shape index (κ3) is 5.27. The number of ether oxygens (including phenoxy) is 3. The van der Waals surface area contributed by atoms with Gasteiger partial charge in [0.1, 0.15) is 0 Å². The molecule has 2 aliphatic rings. The number of piperazine rings is 1. The molecule has 1 N–H and O–H groups in total. The van der Waals surface area contributed by atoms with Crippen molar-refractivity contribution >= 4 is 24.2 Å². The summed E-state index contributed by atoms with van der Waals surface area (Å²) in [5.41, 5.74) is 0.552. The van der Waals surface area contributed by atoms with Crippen LogP contribution in [-0.4, -0.2) is 87.8 Å². The van der Waals surface area contributed by atoms with Crippen LogP contribution in [0.3, 0.4) is 0 Å². The standard InChI is InChI=1S/C19H27N3O5.ClH/c1-25-16-4-3-14(11-17(16)26-2)19(24)22-8-6-21(7-9-22)18(23)12-15-13-27-10-5-20-15;/h3-4,11,15,20H,5-10,12-13H2,1-2H3;1H. The van der Waals surface area contributed by atoms with Crippen molar-refractivity contribution in [1.82, 2.24) is 15.1 Å². The van der Waals surface area contributed by atoms with Crippen LogP contribution in [0.2, 0.25) is 0 Å². The van der Waals surface area contributed by atoms with Gasteiger partial charge in [0.05, 0.1) is 27.4 Å². The minimum Gasteiger partial charge on any atom is -0.493 e. The summed E-state index contributed by atoms with van der Waals surface area (Å²) in [4.78, 5) is 28.8. The Labute approximate surface area is 171 Å². The zero-order valence-electron chi connectivity index (χ0n) is 16.3. The number of amides is 2. The molecule has 0 bridgehead atoms. The molecule has 28 heavy (non-hydrogen) atoms. The second-order valence-electron chi connectivity index (χ2n) is 6.67. The summed E-state index contributed by atoms with van der Waals surface area (Å²) in [6.07, 6.45) is 0.434. The average Bonchev–Trinajstić information content (AvgIpc) is 2.73. The molecule has 2 aliphatic heterocycles. The van der Waals surface area contributed by atoms with E-state index in [0.717, 1.165) is 6.54 Å². The summed E-state index contributed by atoms with van der Waals surface area (Å²) < 4.78 is 15.9. The maximum absolute atomic E-state index is 12.8. The fourth-order valence-electron chi connectivity index (χ4n) is 3.40. The third-order valence-electron chi connectivity index (χ3n) is 4.97. The second kappa shape index (κ2) is 10.5. The first-order valence-electron chi connectivity index (χ1n) is 9.22. The number of halogens is 1. The minimum absolute atomic E-state index is 0. The van der Waals surface area contributed by atoms with E-state index in [1.165, 1.54) is 0 Å². The van der Waals surface area contributed by atoms with Gasteiger partial charge in [-0.1, -0.05) is 0 Å². The van der Waals surface area contributed by atoms with Crippen molar-refractivity contribution < 1.29 is 23.8 Å². The molecule has 156 valence electrons. The van der Waals surface area contributed by atoms with Crippen LogP contribution < -0.4 is 14.8 Å². The zero-order valence-corrected chi connectivity index (χ0v) is 17.1. The number of nitrogens with one attached hydrogen (secondary N) is 1. The highest BCUT2D eigenvalue weighted by Crippen LogP contribution is 2.28. The molecule has 0 radical (unpaired) electrons. The Kier molecular flexibility index (Phi) is 8.35. The van der Waals surface area contributed by atoms with Crippen molar-refractivity contribution in [3.8, 4) is 11.5 Å². The van der Waals surface area contributed by atoms with Crippen molar-refractivity contribution in [2.45, 2.75) is 12.5 Å².